The zero-order valence-corrected chi connectivity index (χ0v) is 12.2. The van der Waals surface area contributed by atoms with E-state index in [-0.39, 0.29) is 29.8 Å². The number of ether oxygens (including phenoxy) is 1. The van der Waals surface area contributed by atoms with Crippen molar-refractivity contribution in [2.24, 2.45) is 0 Å². The number of carboxylic acid groups (broad SMARTS) is 1. The Labute approximate surface area is 124 Å². The quantitative estimate of drug-likeness (QED) is 0.798. The third-order valence-corrected chi connectivity index (χ3v) is 3.78. The van der Waals surface area contributed by atoms with Crippen LogP contribution in [0.2, 0.25) is 0 Å². The van der Waals surface area contributed by atoms with Crippen molar-refractivity contribution in [3.63, 3.8) is 0 Å². The summed E-state index contributed by atoms with van der Waals surface area (Å²) in [6, 6.07) is -0.721. The summed E-state index contributed by atoms with van der Waals surface area (Å²) in [6.07, 6.45) is 0. The van der Waals surface area contributed by atoms with Gasteiger partial charge >= 0.3 is 5.97 Å². The molecule has 1 atom stereocenters. The van der Waals surface area contributed by atoms with Crippen LogP contribution in [0.25, 0.3) is 0 Å². The highest BCUT2D eigenvalue weighted by Crippen LogP contribution is 2.16. The van der Waals surface area contributed by atoms with E-state index >= 15 is 0 Å². The zero-order chi connectivity index (χ0) is 15.4. The van der Waals surface area contributed by atoms with E-state index in [0.717, 1.165) is 11.3 Å². The van der Waals surface area contributed by atoms with Crippen LogP contribution in [0.15, 0.2) is 5.38 Å². The van der Waals surface area contributed by atoms with E-state index in [1.807, 2.05) is 0 Å². The van der Waals surface area contributed by atoms with Gasteiger partial charge in [-0.2, -0.15) is 0 Å². The smallest absolute Gasteiger partial charge is 0.365 e. The van der Waals surface area contributed by atoms with Gasteiger partial charge in [-0.25, -0.2) is 9.78 Å². The van der Waals surface area contributed by atoms with E-state index in [2.05, 4.69) is 10.3 Å². The lowest BCUT2D eigenvalue weighted by atomic mass is 10.2. The summed E-state index contributed by atoms with van der Waals surface area (Å²) >= 11 is 0.880. The van der Waals surface area contributed by atoms with Gasteiger partial charge in [0.05, 0.1) is 13.2 Å². The standard InChI is InChI=1S/C12H15N3O5S/c1-2-13-9(16)8-5-20-4-3-15(8)11(17)7-6-21-10(14-7)12(18)19/h6,8H,2-5H2,1H3,(H,13,16)(H,18,19). The summed E-state index contributed by atoms with van der Waals surface area (Å²) in [5, 5.41) is 12.7. The molecular formula is C12H15N3O5S. The Hall–Kier alpha value is -2.00. The number of nitrogens with zero attached hydrogens (tertiary/aromatic N) is 2. The fourth-order valence-electron chi connectivity index (χ4n) is 1.97. The topological polar surface area (TPSA) is 109 Å². The van der Waals surface area contributed by atoms with E-state index < -0.39 is 17.9 Å². The molecule has 1 aliphatic heterocycles. The van der Waals surface area contributed by atoms with Crippen LogP contribution < -0.4 is 5.32 Å². The molecule has 2 heterocycles. The molecule has 1 aliphatic rings. The zero-order valence-electron chi connectivity index (χ0n) is 11.4. The van der Waals surface area contributed by atoms with Crippen LogP contribution in [0.5, 0.6) is 0 Å². The Kier molecular flexibility index (Phi) is 4.86. The van der Waals surface area contributed by atoms with E-state index in [1.54, 1.807) is 6.92 Å². The maximum Gasteiger partial charge on any atom is 0.365 e. The largest absolute Gasteiger partial charge is 0.476 e. The molecule has 8 nitrogen and oxygen atoms in total. The molecule has 0 saturated carbocycles. The third kappa shape index (κ3) is 3.37. The van der Waals surface area contributed by atoms with Crippen LogP contribution in [0.1, 0.15) is 27.2 Å². The molecule has 2 amide bonds. The first kappa shape index (κ1) is 15.4. The molecule has 2 rings (SSSR count). The van der Waals surface area contributed by atoms with Gasteiger partial charge < -0.3 is 20.1 Å². The van der Waals surface area contributed by atoms with Crippen molar-refractivity contribution < 1.29 is 24.2 Å². The molecule has 0 aliphatic carbocycles. The first-order valence-electron chi connectivity index (χ1n) is 6.39. The van der Waals surface area contributed by atoms with E-state index in [9.17, 15) is 14.4 Å². The lowest BCUT2D eigenvalue weighted by Crippen LogP contribution is -2.55. The van der Waals surface area contributed by atoms with Gasteiger partial charge in [0.25, 0.3) is 5.91 Å². The average Bonchev–Trinajstić information content (AvgIpc) is 2.97. The van der Waals surface area contributed by atoms with Gasteiger partial charge in [0, 0.05) is 18.5 Å². The number of carbonyl (C=O) groups is 3. The second kappa shape index (κ2) is 6.64. The maximum absolute atomic E-state index is 12.4. The molecule has 0 spiro atoms. The number of hydrogen-bond donors (Lipinski definition) is 2. The summed E-state index contributed by atoms with van der Waals surface area (Å²) in [6.45, 7) is 2.95. The van der Waals surface area contributed by atoms with Crippen LogP contribution >= 0.6 is 11.3 Å². The van der Waals surface area contributed by atoms with Gasteiger partial charge in [-0.05, 0) is 6.92 Å². The molecule has 2 N–H and O–H groups in total. The normalized spacial score (nSPS) is 18.3. The third-order valence-electron chi connectivity index (χ3n) is 2.95. The molecule has 1 saturated heterocycles. The van der Waals surface area contributed by atoms with Crippen LogP contribution in [0.3, 0.4) is 0 Å². The first-order chi connectivity index (χ1) is 10.0. The van der Waals surface area contributed by atoms with Gasteiger partial charge in [0.15, 0.2) is 0 Å². The highest BCUT2D eigenvalue weighted by atomic mass is 32.1. The van der Waals surface area contributed by atoms with E-state index in [0.29, 0.717) is 13.2 Å². The molecule has 0 bridgehead atoms. The summed E-state index contributed by atoms with van der Waals surface area (Å²) in [5.41, 5.74) is 0.0357. The van der Waals surface area contributed by atoms with Crippen LogP contribution in [-0.2, 0) is 9.53 Å². The van der Waals surface area contributed by atoms with Crippen molar-refractivity contribution in [1.29, 1.82) is 0 Å². The molecule has 21 heavy (non-hydrogen) atoms. The number of carbonyl (C=O) groups excluding carboxylic acids is 2. The predicted molar refractivity (Wildman–Crippen MR) is 73.4 cm³/mol. The van der Waals surface area contributed by atoms with Gasteiger partial charge in [0.1, 0.15) is 11.7 Å². The second-order valence-corrected chi connectivity index (χ2v) is 5.18. The Morgan fingerprint density at radius 2 is 2.33 bits per heavy atom. The fourth-order valence-corrected chi connectivity index (χ4v) is 2.60. The lowest BCUT2D eigenvalue weighted by molar-refractivity contribution is -0.130. The van der Waals surface area contributed by atoms with Crippen LogP contribution in [0, 0.1) is 0 Å². The number of thiazole rings is 1. The number of nitrogens with one attached hydrogen (secondary N) is 1. The molecule has 1 unspecified atom stereocenters. The van der Waals surface area contributed by atoms with Crippen molar-refractivity contribution in [1.82, 2.24) is 15.2 Å². The minimum absolute atomic E-state index is 0.0357. The number of carboxylic acids is 1. The number of amides is 2. The number of hydrogen-bond acceptors (Lipinski definition) is 6. The fraction of sp³-hybridized carbons (Fsp3) is 0.500. The molecular weight excluding hydrogens is 298 g/mol. The number of likely N-dealkylation sites (N-methyl/N-ethyl adjacent to an activating group) is 1. The predicted octanol–water partition coefficient (Wildman–Crippen LogP) is -0.182. The first-order valence-corrected chi connectivity index (χ1v) is 7.27. The van der Waals surface area contributed by atoms with Gasteiger partial charge in [-0.1, -0.05) is 0 Å². The molecule has 9 heteroatoms. The number of aromatic nitrogens is 1. The lowest BCUT2D eigenvalue weighted by Gasteiger charge is -2.34. The SMILES string of the molecule is CCNC(=O)C1COCCN1C(=O)c1csc(C(=O)O)n1. The van der Waals surface area contributed by atoms with E-state index in [4.69, 9.17) is 9.84 Å². The monoisotopic (exact) mass is 313 g/mol. The minimum atomic E-state index is -1.18. The van der Waals surface area contributed by atoms with Crippen molar-refractivity contribution in [3.8, 4) is 0 Å². The number of morpholine rings is 1. The summed E-state index contributed by atoms with van der Waals surface area (Å²) in [7, 11) is 0. The highest BCUT2D eigenvalue weighted by molar-refractivity contribution is 7.11. The summed E-state index contributed by atoms with van der Waals surface area (Å²) < 4.78 is 5.24. The second-order valence-electron chi connectivity index (χ2n) is 4.33. The number of aromatic carboxylic acids is 1. The molecule has 114 valence electrons. The maximum atomic E-state index is 12.4. The molecule has 1 aromatic heterocycles. The van der Waals surface area contributed by atoms with Gasteiger partial charge in [-0.15, -0.1) is 11.3 Å². The Balaban J connectivity index is 2.17. The van der Waals surface area contributed by atoms with Crippen molar-refractivity contribution in [2.45, 2.75) is 13.0 Å². The number of rotatable bonds is 4. The van der Waals surface area contributed by atoms with Crippen LogP contribution in [-0.4, -0.2) is 65.1 Å². The Morgan fingerprint density at radius 3 is 2.95 bits per heavy atom. The average molecular weight is 313 g/mol. The highest BCUT2D eigenvalue weighted by Gasteiger charge is 2.34. The van der Waals surface area contributed by atoms with Crippen molar-refractivity contribution in [3.05, 3.63) is 16.1 Å². The molecule has 0 aromatic carbocycles. The van der Waals surface area contributed by atoms with Crippen molar-refractivity contribution in [2.75, 3.05) is 26.3 Å². The minimum Gasteiger partial charge on any atom is -0.476 e. The van der Waals surface area contributed by atoms with Crippen molar-refractivity contribution >= 4 is 29.1 Å². The Bertz CT molecular complexity index is 559. The van der Waals surface area contributed by atoms with Gasteiger partial charge in [0.2, 0.25) is 10.9 Å². The van der Waals surface area contributed by atoms with Crippen LogP contribution in [0.4, 0.5) is 0 Å². The van der Waals surface area contributed by atoms with E-state index in [1.165, 1.54) is 10.3 Å². The molecule has 0 radical (unpaired) electrons. The van der Waals surface area contributed by atoms with Gasteiger partial charge in [-0.3, -0.25) is 9.59 Å². The Morgan fingerprint density at radius 1 is 1.57 bits per heavy atom. The summed E-state index contributed by atoms with van der Waals surface area (Å²) in [5.74, 6) is -1.93. The molecule has 1 fully saturated rings. The summed E-state index contributed by atoms with van der Waals surface area (Å²) in [4.78, 5) is 40.3. The molecule has 1 aromatic rings.